The van der Waals surface area contributed by atoms with Crippen molar-refractivity contribution in [2.45, 2.75) is 10.6 Å². The number of thioether (sulfide) groups is 1. The first kappa shape index (κ1) is 10.1. The van der Waals surface area contributed by atoms with Crippen LogP contribution >= 0.6 is 11.8 Å². The SMILES string of the molecule is Nc1ccnc(CSc2ccccc2)c1. The second-order valence-electron chi connectivity index (χ2n) is 3.18. The molecule has 0 saturated heterocycles. The third-order valence-electron chi connectivity index (χ3n) is 1.97. The minimum absolute atomic E-state index is 0.772. The lowest BCUT2D eigenvalue weighted by Gasteiger charge is -2.01. The van der Waals surface area contributed by atoms with E-state index in [2.05, 4.69) is 17.1 Å². The highest BCUT2D eigenvalue weighted by Gasteiger charge is 1.97. The lowest BCUT2D eigenvalue weighted by atomic mass is 10.3. The van der Waals surface area contributed by atoms with E-state index in [4.69, 9.17) is 5.73 Å². The summed E-state index contributed by atoms with van der Waals surface area (Å²) in [6.45, 7) is 0. The number of hydrogen-bond donors (Lipinski definition) is 1. The summed E-state index contributed by atoms with van der Waals surface area (Å²) in [6, 6.07) is 14.0. The Hall–Kier alpha value is -1.48. The number of rotatable bonds is 3. The summed E-state index contributed by atoms with van der Waals surface area (Å²) in [5.74, 6) is 0.856. The minimum atomic E-state index is 0.772. The molecule has 0 spiro atoms. The number of hydrogen-bond acceptors (Lipinski definition) is 3. The topological polar surface area (TPSA) is 38.9 Å². The van der Waals surface area contributed by atoms with E-state index in [-0.39, 0.29) is 0 Å². The number of anilines is 1. The summed E-state index contributed by atoms with van der Waals surface area (Å²) in [6.07, 6.45) is 1.75. The first-order valence-corrected chi connectivity index (χ1v) is 5.71. The van der Waals surface area contributed by atoms with Gasteiger partial charge in [0.25, 0.3) is 0 Å². The largest absolute Gasteiger partial charge is 0.399 e. The number of nitrogen functional groups attached to an aromatic ring is 1. The number of nitrogens with two attached hydrogens (primary N) is 1. The van der Waals surface area contributed by atoms with Gasteiger partial charge in [0, 0.05) is 22.5 Å². The maximum atomic E-state index is 5.68. The van der Waals surface area contributed by atoms with E-state index in [1.807, 2.05) is 24.3 Å². The number of benzene rings is 1. The van der Waals surface area contributed by atoms with Crippen LogP contribution in [-0.4, -0.2) is 4.98 Å². The van der Waals surface area contributed by atoms with Crippen LogP contribution in [0.5, 0.6) is 0 Å². The van der Waals surface area contributed by atoms with Gasteiger partial charge in [-0.05, 0) is 24.3 Å². The standard InChI is InChI=1S/C12H12N2S/c13-10-6-7-14-11(8-10)9-15-12-4-2-1-3-5-12/h1-8H,9H2,(H2,13,14). The molecule has 1 aromatic heterocycles. The quantitative estimate of drug-likeness (QED) is 0.802. The van der Waals surface area contributed by atoms with E-state index in [1.165, 1.54) is 4.90 Å². The van der Waals surface area contributed by atoms with Crippen LogP contribution in [0.1, 0.15) is 5.69 Å². The molecule has 15 heavy (non-hydrogen) atoms. The summed E-state index contributed by atoms with van der Waals surface area (Å²) >= 11 is 1.76. The first-order chi connectivity index (χ1) is 7.34. The third kappa shape index (κ3) is 2.99. The zero-order valence-corrected chi connectivity index (χ0v) is 9.08. The van der Waals surface area contributed by atoms with Gasteiger partial charge in [-0.3, -0.25) is 4.98 Å². The zero-order chi connectivity index (χ0) is 10.5. The van der Waals surface area contributed by atoms with Gasteiger partial charge in [0.2, 0.25) is 0 Å². The predicted molar refractivity (Wildman–Crippen MR) is 64.7 cm³/mol. The zero-order valence-electron chi connectivity index (χ0n) is 8.26. The smallest absolute Gasteiger partial charge is 0.0526 e. The molecule has 0 aliphatic carbocycles. The molecule has 0 atom stereocenters. The van der Waals surface area contributed by atoms with Crippen LogP contribution in [0.3, 0.4) is 0 Å². The van der Waals surface area contributed by atoms with E-state index >= 15 is 0 Å². The van der Waals surface area contributed by atoms with Gasteiger partial charge in [0.1, 0.15) is 0 Å². The molecule has 2 rings (SSSR count). The summed E-state index contributed by atoms with van der Waals surface area (Å²) in [4.78, 5) is 5.51. The predicted octanol–water partition coefficient (Wildman–Crippen LogP) is 2.96. The van der Waals surface area contributed by atoms with Crippen LogP contribution in [0.15, 0.2) is 53.6 Å². The highest BCUT2D eigenvalue weighted by atomic mass is 32.2. The van der Waals surface area contributed by atoms with Gasteiger partial charge in [-0.25, -0.2) is 0 Å². The molecule has 0 fully saturated rings. The van der Waals surface area contributed by atoms with Crippen LogP contribution in [-0.2, 0) is 5.75 Å². The Balaban J connectivity index is 1.99. The highest BCUT2D eigenvalue weighted by Crippen LogP contribution is 2.21. The summed E-state index contributed by atoms with van der Waals surface area (Å²) in [5, 5.41) is 0. The van der Waals surface area contributed by atoms with E-state index in [0.717, 1.165) is 17.1 Å². The van der Waals surface area contributed by atoms with Crippen molar-refractivity contribution in [2.24, 2.45) is 0 Å². The Morgan fingerprint density at radius 3 is 2.67 bits per heavy atom. The molecule has 2 aromatic rings. The van der Waals surface area contributed by atoms with E-state index < -0.39 is 0 Å². The second kappa shape index (κ2) is 4.84. The van der Waals surface area contributed by atoms with Crippen LogP contribution in [0.4, 0.5) is 5.69 Å². The molecule has 0 unspecified atom stereocenters. The van der Waals surface area contributed by atoms with Gasteiger partial charge >= 0.3 is 0 Å². The van der Waals surface area contributed by atoms with Crippen molar-refractivity contribution in [3.8, 4) is 0 Å². The molecule has 1 heterocycles. The lowest BCUT2D eigenvalue weighted by Crippen LogP contribution is -1.90. The molecule has 1 aromatic carbocycles. The van der Waals surface area contributed by atoms with Crippen molar-refractivity contribution in [3.05, 3.63) is 54.4 Å². The van der Waals surface area contributed by atoms with Crippen LogP contribution in [0.2, 0.25) is 0 Å². The maximum Gasteiger partial charge on any atom is 0.0526 e. The van der Waals surface area contributed by atoms with Crippen LogP contribution < -0.4 is 5.73 Å². The molecule has 0 amide bonds. The Kier molecular flexibility index (Phi) is 3.25. The molecule has 0 radical (unpaired) electrons. The highest BCUT2D eigenvalue weighted by molar-refractivity contribution is 7.98. The summed E-state index contributed by atoms with van der Waals surface area (Å²) < 4.78 is 0. The molecule has 76 valence electrons. The Morgan fingerprint density at radius 2 is 1.93 bits per heavy atom. The Labute approximate surface area is 93.5 Å². The Bertz CT molecular complexity index is 429. The molecular formula is C12H12N2S. The molecule has 3 heteroatoms. The van der Waals surface area contributed by atoms with E-state index in [0.29, 0.717) is 0 Å². The molecular weight excluding hydrogens is 204 g/mol. The van der Waals surface area contributed by atoms with Gasteiger partial charge in [0.05, 0.1) is 5.69 Å². The van der Waals surface area contributed by atoms with Gasteiger partial charge in [-0.15, -0.1) is 11.8 Å². The normalized spacial score (nSPS) is 10.1. The fourth-order valence-electron chi connectivity index (χ4n) is 1.25. The van der Waals surface area contributed by atoms with Gasteiger partial charge in [0.15, 0.2) is 0 Å². The average molecular weight is 216 g/mol. The fraction of sp³-hybridized carbons (Fsp3) is 0.0833. The minimum Gasteiger partial charge on any atom is -0.399 e. The van der Waals surface area contributed by atoms with Crippen molar-refractivity contribution in [1.82, 2.24) is 4.98 Å². The van der Waals surface area contributed by atoms with Crippen LogP contribution in [0.25, 0.3) is 0 Å². The molecule has 0 saturated carbocycles. The molecule has 0 aliphatic rings. The molecule has 2 nitrogen and oxygen atoms in total. The monoisotopic (exact) mass is 216 g/mol. The molecule has 2 N–H and O–H groups in total. The fourth-order valence-corrected chi connectivity index (χ4v) is 2.07. The van der Waals surface area contributed by atoms with E-state index in [1.54, 1.807) is 24.0 Å². The van der Waals surface area contributed by atoms with Crippen molar-refractivity contribution >= 4 is 17.4 Å². The average Bonchev–Trinajstić information content (AvgIpc) is 2.28. The first-order valence-electron chi connectivity index (χ1n) is 4.73. The molecule has 0 bridgehead atoms. The maximum absolute atomic E-state index is 5.68. The van der Waals surface area contributed by atoms with Crippen LogP contribution in [0, 0.1) is 0 Å². The van der Waals surface area contributed by atoms with Crippen molar-refractivity contribution < 1.29 is 0 Å². The van der Waals surface area contributed by atoms with Crippen molar-refractivity contribution in [1.29, 1.82) is 0 Å². The summed E-state index contributed by atoms with van der Waals surface area (Å²) in [7, 11) is 0. The third-order valence-corrected chi connectivity index (χ3v) is 3.02. The second-order valence-corrected chi connectivity index (χ2v) is 4.23. The van der Waals surface area contributed by atoms with Gasteiger partial charge in [-0.1, -0.05) is 18.2 Å². The van der Waals surface area contributed by atoms with Gasteiger partial charge in [-0.2, -0.15) is 0 Å². The van der Waals surface area contributed by atoms with E-state index in [9.17, 15) is 0 Å². The summed E-state index contributed by atoms with van der Waals surface area (Å²) in [5.41, 5.74) is 7.47. The van der Waals surface area contributed by atoms with Gasteiger partial charge < -0.3 is 5.73 Å². The lowest BCUT2D eigenvalue weighted by molar-refractivity contribution is 1.18. The molecule has 0 aliphatic heterocycles. The Morgan fingerprint density at radius 1 is 1.13 bits per heavy atom. The van der Waals surface area contributed by atoms with Crippen molar-refractivity contribution in [3.63, 3.8) is 0 Å². The number of pyridine rings is 1. The number of nitrogens with zero attached hydrogens (tertiary/aromatic N) is 1. The van der Waals surface area contributed by atoms with Crippen molar-refractivity contribution in [2.75, 3.05) is 5.73 Å². The number of aromatic nitrogens is 1.